The zero-order valence-electron chi connectivity index (χ0n) is 8.40. The number of fused-ring (bicyclic) bond motifs is 1. The number of likely N-dealkylation sites (N-methyl/N-ethyl adjacent to an activating group) is 1. The number of nitrogens with one attached hydrogen (secondary N) is 3. The third-order valence-electron chi connectivity index (χ3n) is 2.68. The zero-order chi connectivity index (χ0) is 11.2. The van der Waals surface area contributed by atoms with Gasteiger partial charge in [-0.15, -0.1) is 0 Å². The van der Waals surface area contributed by atoms with Crippen LogP contribution in [-0.2, 0) is 9.59 Å². The maximum atomic E-state index is 11.6. The molecule has 0 aromatic carbocycles. The van der Waals surface area contributed by atoms with Gasteiger partial charge in [0.05, 0.1) is 6.04 Å². The van der Waals surface area contributed by atoms with E-state index < -0.39 is 30.2 Å². The third-order valence-corrected chi connectivity index (χ3v) is 2.68. The number of nitrogens with zero attached hydrogens (tertiary/aromatic N) is 1. The first kappa shape index (κ1) is 9.91. The Morgan fingerprint density at radius 2 is 1.93 bits per heavy atom. The molecule has 0 radical (unpaired) electrons. The Morgan fingerprint density at radius 3 is 2.60 bits per heavy atom. The molecule has 3 atom stereocenters. The van der Waals surface area contributed by atoms with E-state index in [1.54, 1.807) is 14.0 Å². The highest BCUT2D eigenvalue weighted by Crippen LogP contribution is 2.12. The fourth-order valence-corrected chi connectivity index (χ4v) is 1.86. The fourth-order valence-electron chi connectivity index (χ4n) is 1.86. The van der Waals surface area contributed by atoms with Gasteiger partial charge in [0, 0.05) is 7.05 Å². The van der Waals surface area contributed by atoms with E-state index in [9.17, 15) is 14.4 Å². The van der Waals surface area contributed by atoms with E-state index in [-0.39, 0.29) is 5.91 Å². The Balaban J connectivity index is 2.26. The van der Waals surface area contributed by atoms with Gasteiger partial charge in [0.25, 0.3) is 0 Å². The van der Waals surface area contributed by atoms with Crippen molar-refractivity contribution in [1.29, 1.82) is 0 Å². The van der Waals surface area contributed by atoms with E-state index in [2.05, 4.69) is 16.0 Å². The van der Waals surface area contributed by atoms with Gasteiger partial charge < -0.3 is 10.2 Å². The van der Waals surface area contributed by atoms with E-state index in [1.807, 2.05) is 0 Å². The second-order valence-electron chi connectivity index (χ2n) is 3.72. The highest BCUT2D eigenvalue weighted by Gasteiger charge is 2.45. The Labute approximate surface area is 86.2 Å². The molecule has 4 amide bonds. The van der Waals surface area contributed by atoms with E-state index in [1.165, 1.54) is 4.90 Å². The van der Waals surface area contributed by atoms with Gasteiger partial charge in [0.2, 0.25) is 11.8 Å². The molecule has 2 fully saturated rings. The quantitative estimate of drug-likeness (QED) is 0.432. The summed E-state index contributed by atoms with van der Waals surface area (Å²) in [6, 6.07) is -1.57. The number of imide groups is 1. The summed E-state index contributed by atoms with van der Waals surface area (Å²) in [6.07, 6.45) is -0.602. The Hall–Kier alpha value is -1.63. The number of hydrogen-bond donors (Lipinski definition) is 3. The number of hydrogen-bond acceptors (Lipinski definition) is 4. The van der Waals surface area contributed by atoms with Crippen molar-refractivity contribution in [2.24, 2.45) is 0 Å². The first-order valence-electron chi connectivity index (χ1n) is 4.65. The number of rotatable bonds is 0. The second-order valence-corrected chi connectivity index (χ2v) is 3.72. The fraction of sp³-hybridized carbons (Fsp3) is 0.625. The van der Waals surface area contributed by atoms with Gasteiger partial charge in [-0.1, -0.05) is 0 Å². The second kappa shape index (κ2) is 3.20. The van der Waals surface area contributed by atoms with Gasteiger partial charge >= 0.3 is 6.03 Å². The summed E-state index contributed by atoms with van der Waals surface area (Å²) in [5, 5.41) is 7.52. The molecule has 2 aliphatic heterocycles. The van der Waals surface area contributed by atoms with E-state index in [0.717, 1.165) is 0 Å². The molecule has 2 saturated heterocycles. The predicted molar refractivity (Wildman–Crippen MR) is 49.6 cm³/mol. The topological polar surface area (TPSA) is 90.5 Å². The molecule has 3 unspecified atom stereocenters. The van der Waals surface area contributed by atoms with Crippen molar-refractivity contribution >= 4 is 17.8 Å². The minimum absolute atomic E-state index is 0.147. The molecule has 2 heterocycles. The van der Waals surface area contributed by atoms with Gasteiger partial charge in [-0.25, -0.2) is 4.79 Å². The largest absolute Gasteiger partial charge is 0.323 e. The molecule has 7 nitrogen and oxygen atoms in total. The Bertz CT molecular complexity index is 343. The molecule has 0 saturated carbocycles. The van der Waals surface area contributed by atoms with Crippen LogP contribution in [0.2, 0.25) is 0 Å². The number of urea groups is 1. The highest BCUT2D eigenvalue weighted by molar-refractivity contribution is 6.02. The summed E-state index contributed by atoms with van der Waals surface area (Å²) in [5.41, 5.74) is 0. The standard InChI is InChI=1S/C8H12N4O3/c1-3-7(14)12(2)5-4(9-3)6(13)11-8(15)10-5/h3-5,9H,1-2H3,(H2,10,11,13,15). The van der Waals surface area contributed by atoms with Crippen molar-refractivity contribution in [2.75, 3.05) is 7.05 Å². The van der Waals surface area contributed by atoms with Gasteiger partial charge in [0.1, 0.15) is 12.2 Å². The maximum absolute atomic E-state index is 11.6. The molecule has 0 aliphatic carbocycles. The Morgan fingerprint density at radius 1 is 1.27 bits per heavy atom. The molecule has 0 aromatic rings. The van der Waals surface area contributed by atoms with Crippen molar-refractivity contribution in [3.05, 3.63) is 0 Å². The lowest BCUT2D eigenvalue weighted by Crippen LogP contribution is -2.76. The van der Waals surface area contributed by atoms with Crippen LogP contribution in [0.25, 0.3) is 0 Å². The monoisotopic (exact) mass is 212 g/mol. The minimum Gasteiger partial charge on any atom is -0.322 e. The number of piperazine rings is 1. The molecular weight excluding hydrogens is 200 g/mol. The molecular formula is C8H12N4O3. The van der Waals surface area contributed by atoms with Gasteiger partial charge in [-0.3, -0.25) is 20.2 Å². The van der Waals surface area contributed by atoms with Crippen LogP contribution >= 0.6 is 0 Å². The molecule has 0 aromatic heterocycles. The lowest BCUT2D eigenvalue weighted by atomic mass is 10.0. The van der Waals surface area contributed by atoms with Crippen LogP contribution < -0.4 is 16.0 Å². The SMILES string of the molecule is CC1NC2C(=O)NC(=O)NC2N(C)C1=O. The molecule has 15 heavy (non-hydrogen) atoms. The van der Waals surface area contributed by atoms with Gasteiger partial charge in [0.15, 0.2) is 0 Å². The zero-order valence-corrected chi connectivity index (χ0v) is 8.40. The van der Waals surface area contributed by atoms with E-state index in [0.29, 0.717) is 0 Å². The average molecular weight is 212 g/mol. The van der Waals surface area contributed by atoms with E-state index in [4.69, 9.17) is 0 Å². The minimum atomic E-state index is -0.602. The molecule has 0 spiro atoms. The lowest BCUT2D eigenvalue weighted by Gasteiger charge is -2.43. The van der Waals surface area contributed by atoms with Crippen LogP contribution in [0, 0.1) is 0 Å². The third kappa shape index (κ3) is 1.44. The van der Waals surface area contributed by atoms with E-state index >= 15 is 0 Å². The average Bonchev–Trinajstić information content (AvgIpc) is 2.17. The summed E-state index contributed by atoms with van der Waals surface area (Å²) < 4.78 is 0. The number of carbonyl (C=O) groups excluding carboxylic acids is 3. The van der Waals surface area contributed by atoms with Crippen LogP contribution in [0.1, 0.15) is 6.92 Å². The van der Waals surface area contributed by atoms with Gasteiger partial charge in [-0.2, -0.15) is 0 Å². The van der Waals surface area contributed by atoms with Crippen molar-refractivity contribution < 1.29 is 14.4 Å². The van der Waals surface area contributed by atoms with Crippen LogP contribution in [0.3, 0.4) is 0 Å². The van der Waals surface area contributed by atoms with Crippen LogP contribution in [0.5, 0.6) is 0 Å². The summed E-state index contributed by atoms with van der Waals surface area (Å²) in [5.74, 6) is -0.554. The molecule has 3 N–H and O–H groups in total. The smallest absolute Gasteiger partial charge is 0.322 e. The van der Waals surface area contributed by atoms with Crippen LogP contribution in [0.15, 0.2) is 0 Å². The van der Waals surface area contributed by atoms with Crippen molar-refractivity contribution in [2.45, 2.75) is 25.2 Å². The molecule has 2 rings (SSSR count). The lowest BCUT2D eigenvalue weighted by molar-refractivity contribution is -0.143. The summed E-state index contributed by atoms with van der Waals surface area (Å²) in [7, 11) is 1.57. The first-order chi connectivity index (χ1) is 7.00. The summed E-state index contributed by atoms with van der Waals surface area (Å²) >= 11 is 0. The molecule has 7 heteroatoms. The highest BCUT2D eigenvalue weighted by atomic mass is 16.2. The normalized spacial score (nSPS) is 35.7. The maximum Gasteiger partial charge on any atom is 0.323 e. The van der Waals surface area contributed by atoms with Crippen molar-refractivity contribution in [1.82, 2.24) is 20.9 Å². The summed E-state index contributed by atoms with van der Waals surface area (Å²) in [4.78, 5) is 35.5. The van der Waals surface area contributed by atoms with Crippen LogP contribution in [-0.4, -0.2) is 48.0 Å². The number of carbonyl (C=O) groups is 3. The van der Waals surface area contributed by atoms with Crippen LogP contribution in [0.4, 0.5) is 4.79 Å². The Kier molecular flexibility index (Phi) is 2.11. The first-order valence-corrected chi connectivity index (χ1v) is 4.65. The molecule has 0 bridgehead atoms. The summed E-state index contributed by atoms with van der Waals surface area (Å²) in [6.45, 7) is 1.68. The van der Waals surface area contributed by atoms with Gasteiger partial charge in [-0.05, 0) is 6.92 Å². The predicted octanol–water partition coefficient (Wildman–Crippen LogP) is -2.03. The molecule has 2 aliphatic rings. The number of amides is 4. The molecule has 82 valence electrons. The van der Waals surface area contributed by atoms with Crippen molar-refractivity contribution in [3.8, 4) is 0 Å². The van der Waals surface area contributed by atoms with Crippen molar-refractivity contribution in [3.63, 3.8) is 0 Å².